The summed E-state index contributed by atoms with van der Waals surface area (Å²) in [5.74, 6) is -0.809. The lowest BCUT2D eigenvalue weighted by Crippen LogP contribution is -2.52. The van der Waals surface area contributed by atoms with Crippen molar-refractivity contribution in [3.63, 3.8) is 0 Å². The molecule has 1 saturated heterocycles. The molecule has 192 valence electrons. The summed E-state index contributed by atoms with van der Waals surface area (Å²) in [7, 11) is -1.98. The van der Waals surface area contributed by atoms with E-state index >= 15 is 0 Å². The van der Waals surface area contributed by atoms with Crippen molar-refractivity contribution in [3.8, 4) is 0 Å². The molecule has 1 aliphatic rings. The van der Waals surface area contributed by atoms with Crippen LogP contribution in [-0.2, 0) is 34.8 Å². The summed E-state index contributed by atoms with van der Waals surface area (Å²) in [5, 5.41) is 16.4. The third kappa shape index (κ3) is 5.72. The molecule has 1 aromatic carbocycles. The van der Waals surface area contributed by atoms with Gasteiger partial charge in [-0.3, -0.25) is 18.8 Å². The van der Waals surface area contributed by atoms with Crippen LogP contribution in [0.4, 0.5) is 0 Å². The van der Waals surface area contributed by atoms with Gasteiger partial charge >= 0.3 is 0 Å². The zero-order valence-corrected chi connectivity index (χ0v) is 20.9. The molecule has 0 saturated carbocycles. The SMILES string of the molecule is C=CS(=O)(=O)NC[C@@H](Cc1ccccc1)C(=O)N1CCC(O)(Cn2cnc3c(cnn3C)c2=O)CC1. The second-order valence-corrected chi connectivity index (χ2v) is 10.9. The van der Waals surface area contributed by atoms with Gasteiger partial charge in [0, 0.05) is 32.1 Å². The molecule has 1 atom stereocenters. The van der Waals surface area contributed by atoms with Gasteiger partial charge in [-0.2, -0.15) is 5.10 Å². The van der Waals surface area contributed by atoms with Crippen molar-refractivity contribution >= 4 is 27.0 Å². The first kappa shape index (κ1) is 25.7. The summed E-state index contributed by atoms with van der Waals surface area (Å²) in [4.78, 5) is 32.1. The minimum Gasteiger partial charge on any atom is -0.388 e. The molecule has 0 aliphatic carbocycles. The van der Waals surface area contributed by atoms with Crippen molar-refractivity contribution in [3.05, 3.63) is 70.8 Å². The largest absolute Gasteiger partial charge is 0.388 e. The van der Waals surface area contributed by atoms with Gasteiger partial charge in [0.25, 0.3) is 5.56 Å². The molecule has 3 aromatic rings. The standard InChI is InChI=1S/C24H30N6O5S/c1-3-36(34,35)27-14-19(13-18-7-5-4-6-8-18)22(31)29-11-9-24(33,10-12-29)16-30-17-25-21-20(23(30)32)15-26-28(21)2/h3-8,15,17,19,27,33H,1,9-14,16H2,2H3/t19-/m1/s1. The number of fused-ring (bicyclic) bond motifs is 1. The summed E-state index contributed by atoms with van der Waals surface area (Å²) in [6.07, 6.45) is 3.77. The molecular weight excluding hydrogens is 484 g/mol. The lowest BCUT2D eigenvalue weighted by Gasteiger charge is -2.39. The van der Waals surface area contributed by atoms with Crippen LogP contribution >= 0.6 is 0 Å². The monoisotopic (exact) mass is 514 g/mol. The number of sulfonamides is 1. The third-order valence-electron chi connectivity index (χ3n) is 6.61. The number of aliphatic hydroxyl groups is 1. The molecule has 36 heavy (non-hydrogen) atoms. The number of carbonyl (C=O) groups excluding carboxylic acids is 1. The average Bonchev–Trinajstić information content (AvgIpc) is 3.25. The van der Waals surface area contributed by atoms with Crippen LogP contribution < -0.4 is 10.3 Å². The first-order valence-corrected chi connectivity index (χ1v) is 13.2. The van der Waals surface area contributed by atoms with Gasteiger partial charge in [0.05, 0.1) is 24.3 Å². The van der Waals surface area contributed by atoms with Crippen molar-refractivity contribution in [1.29, 1.82) is 0 Å². The van der Waals surface area contributed by atoms with Crippen LogP contribution in [0.15, 0.2) is 59.6 Å². The Morgan fingerprint density at radius 1 is 1.28 bits per heavy atom. The first-order chi connectivity index (χ1) is 17.1. The lowest BCUT2D eigenvalue weighted by molar-refractivity contribution is -0.140. The zero-order valence-electron chi connectivity index (χ0n) is 20.1. The fourth-order valence-corrected chi connectivity index (χ4v) is 5.03. The van der Waals surface area contributed by atoms with Gasteiger partial charge in [-0.1, -0.05) is 36.9 Å². The van der Waals surface area contributed by atoms with E-state index in [9.17, 15) is 23.1 Å². The highest BCUT2D eigenvalue weighted by molar-refractivity contribution is 7.92. The van der Waals surface area contributed by atoms with Crippen molar-refractivity contribution in [2.45, 2.75) is 31.4 Å². The number of aromatic nitrogens is 4. The smallest absolute Gasteiger partial charge is 0.264 e. The van der Waals surface area contributed by atoms with Crippen LogP contribution in [0.25, 0.3) is 11.0 Å². The van der Waals surface area contributed by atoms with E-state index in [-0.39, 0.29) is 50.5 Å². The summed E-state index contributed by atoms with van der Waals surface area (Å²) in [5.41, 5.74) is -0.0742. The number of benzene rings is 1. The highest BCUT2D eigenvalue weighted by Crippen LogP contribution is 2.25. The normalized spacial score (nSPS) is 16.7. The molecule has 1 amide bonds. The van der Waals surface area contributed by atoms with E-state index in [1.807, 2.05) is 30.3 Å². The number of hydrogen-bond acceptors (Lipinski definition) is 7. The maximum Gasteiger partial charge on any atom is 0.264 e. The van der Waals surface area contributed by atoms with E-state index in [0.717, 1.165) is 11.0 Å². The van der Waals surface area contributed by atoms with Crippen LogP contribution in [0, 0.1) is 5.92 Å². The number of aryl methyl sites for hydroxylation is 1. The minimum absolute atomic E-state index is 0.0538. The van der Waals surface area contributed by atoms with E-state index in [0.29, 0.717) is 17.5 Å². The Balaban J connectivity index is 1.44. The van der Waals surface area contributed by atoms with Crippen LogP contribution in [0.1, 0.15) is 18.4 Å². The lowest BCUT2D eigenvalue weighted by atomic mass is 9.89. The van der Waals surface area contributed by atoms with Gasteiger partial charge in [0.2, 0.25) is 15.9 Å². The van der Waals surface area contributed by atoms with Gasteiger partial charge in [-0.25, -0.2) is 18.1 Å². The number of likely N-dealkylation sites (tertiary alicyclic amines) is 1. The van der Waals surface area contributed by atoms with E-state index < -0.39 is 21.5 Å². The highest BCUT2D eigenvalue weighted by Gasteiger charge is 2.36. The topological polar surface area (TPSA) is 139 Å². The van der Waals surface area contributed by atoms with E-state index in [2.05, 4.69) is 21.4 Å². The molecule has 4 rings (SSSR count). The number of carbonyl (C=O) groups is 1. The number of piperidine rings is 1. The molecule has 0 bridgehead atoms. The van der Waals surface area contributed by atoms with Gasteiger partial charge < -0.3 is 10.0 Å². The molecule has 0 unspecified atom stereocenters. The van der Waals surface area contributed by atoms with Crippen LogP contribution in [0.3, 0.4) is 0 Å². The maximum atomic E-state index is 13.4. The van der Waals surface area contributed by atoms with E-state index in [1.54, 1.807) is 11.9 Å². The van der Waals surface area contributed by atoms with Crippen molar-refractivity contribution in [2.24, 2.45) is 13.0 Å². The van der Waals surface area contributed by atoms with Crippen molar-refractivity contribution in [2.75, 3.05) is 19.6 Å². The van der Waals surface area contributed by atoms with Gasteiger partial charge in [0.1, 0.15) is 11.7 Å². The predicted octanol–water partition coefficient (Wildman–Crippen LogP) is 0.405. The Morgan fingerprint density at radius 2 is 1.97 bits per heavy atom. The molecule has 2 aromatic heterocycles. The summed E-state index contributed by atoms with van der Waals surface area (Å²) >= 11 is 0. The zero-order chi connectivity index (χ0) is 25.9. The van der Waals surface area contributed by atoms with Gasteiger partial charge in [-0.15, -0.1) is 0 Å². The molecule has 2 N–H and O–H groups in total. The first-order valence-electron chi connectivity index (χ1n) is 11.7. The molecule has 0 spiro atoms. The van der Waals surface area contributed by atoms with E-state index in [1.165, 1.54) is 21.8 Å². The predicted molar refractivity (Wildman–Crippen MR) is 134 cm³/mol. The molecule has 1 fully saturated rings. The Bertz CT molecular complexity index is 1410. The average molecular weight is 515 g/mol. The van der Waals surface area contributed by atoms with Gasteiger partial charge in [-0.05, 0) is 24.8 Å². The quantitative estimate of drug-likeness (QED) is 0.421. The third-order valence-corrected chi connectivity index (χ3v) is 7.62. The number of amides is 1. The second kappa shape index (κ2) is 10.3. The maximum absolute atomic E-state index is 13.4. The molecule has 0 radical (unpaired) electrons. The minimum atomic E-state index is -3.68. The number of nitrogens with zero attached hydrogens (tertiary/aromatic N) is 5. The molecule has 1 aliphatic heterocycles. The Labute approximate surface area is 209 Å². The summed E-state index contributed by atoms with van der Waals surface area (Å²) in [6, 6.07) is 9.39. The number of rotatable bonds is 9. The highest BCUT2D eigenvalue weighted by atomic mass is 32.2. The fourth-order valence-electron chi connectivity index (χ4n) is 4.48. The number of nitrogens with one attached hydrogen (secondary N) is 1. The Kier molecular flexibility index (Phi) is 7.38. The van der Waals surface area contributed by atoms with Crippen molar-refractivity contribution in [1.82, 2.24) is 29.0 Å². The van der Waals surface area contributed by atoms with Gasteiger partial charge in [0.15, 0.2) is 5.65 Å². The number of hydrogen-bond donors (Lipinski definition) is 2. The van der Waals surface area contributed by atoms with Crippen LogP contribution in [0.5, 0.6) is 0 Å². The van der Waals surface area contributed by atoms with Crippen molar-refractivity contribution < 1.29 is 18.3 Å². The molecule has 11 nitrogen and oxygen atoms in total. The van der Waals surface area contributed by atoms with Crippen LogP contribution in [-0.4, -0.2) is 68.9 Å². The fraction of sp³-hybridized carbons (Fsp3) is 0.417. The summed E-state index contributed by atoms with van der Waals surface area (Å²) < 4.78 is 29.1. The Hall–Kier alpha value is -3.35. The molecule has 12 heteroatoms. The molecule has 3 heterocycles. The second-order valence-electron chi connectivity index (χ2n) is 9.18. The van der Waals surface area contributed by atoms with Crippen LogP contribution in [0.2, 0.25) is 0 Å². The summed E-state index contributed by atoms with van der Waals surface area (Å²) in [6.45, 7) is 3.86. The van der Waals surface area contributed by atoms with E-state index in [4.69, 9.17) is 0 Å². The molecular formula is C24H30N6O5S. The Morgan fingerprint density at radius 3 is 2.64 bits per heavy atom.